The lowest BCUT2D eigenvalue weighted by atomic mass is 10.2. The van der Waals surface area contributed by atoms with Gasteiger partial charge in [0.2, 0.25) is 0 Å². The van der Waals surface area contributed by atoms with Gasteiger partial charge in [-0.1, -0.05) is 17.7 Å². The lowest BCUT2D eigenvalue weighted by molar-refractivity contribution is -0.123. The van der Waals surface area contributed by atoms with Crippen molar-refractivity contribution >= 4 is 16.9 Å². The maximum atomic E-state index is 11.8. The first-order valence-electron chi connectivity index (χ1n) is 8.13. The summed E-state index contributed by atoms with van der Waals surface area (Å²) in [5, 5.41) is 2.83. The molecule has 0 saturated heterocycles. The standard InChI is InChI=1S/C19H21N3O3/c1-13-3-5-14(6-4-13)25-12-19(23)20-10-9-18-21-16-8-7-15(24-2)11-17(16)22-18/h3-8,11H,9-10,12H2,1-2H3,(H,20,23)(H,21,22). The SMILES string of the molecule is COc1ccc2nc(CCNC(=O)COc3ccc(C)cc3)[nH]c2c1. The van der Waals surface area contributed by atoms with Gasteiger partial charge in [-0.3, -0.25) is 4.79 Å². The van der Waals surface area contributed by atoms with Crippen LogP contribution in [0.5, 0.6) is 11.5 Å². The third-order valence-electron chi connectivity index (χ3n) is 3.81. The zero-order valence-electron chi connectivity index (χ0n) is 14.3. The molecule has 1 amide bonds. The molecule has 6 heteroatoms. The smallest absolute Gasteiger partial charge is 0.257 e. The van der Waals surface area contributed by atoms with Gasteiger partial charge in [-0.15, -0.1) is 0 Å². The number of carbonyl (C=O) groups excluding carboxylic acids is 1. The Morgan fingerprint density at radius 1 is 1.16 bits per heavy atom. The molecule has 3 rings (SSSR count). The fourth-order valence-electron chi connectivity index (χ4n) is 2.44. The lowest BCUT2D eigenvalue weighted by Crippen LogP contribution is -2.30. The number of nitrogens with one attached hydrogen (secondary N) is 2. The third kappa shape index (κ3) is 4.50. The van der Waals surface area contributed by atoms with Gasteiger partial charge in [-0.2, -0.15) is 0 Å². The zero-order chi connectivity index (χ0) is 17.6. The van der Waals surface area contributed by atoms with E-state index in [4.69, 9.17) is 9.47 Å². The highest BCUT2D eigenvalue weighted by Gasteiger charge is 2.06. The molecular weight excluding hydrogens is 318 g/mol. The maximum Gasteiger partial charge on any atom is 0.257 e. The Morgan fingerprint density at radius 3 is 2.68 bits per heavy atom. The molecule has 2 aromatic carbocycles. The predicted octanol–water partition coefficient (Wildman–Crippen LogP) is 2.62. The van der Waals surface area contributed by atoms with E-state index in [1.165, 1.54) is 0 Å². The van der Waals surface area contributed by atoms with Crippen molar-refractivity contribution in [2.75, 3.05) is 20.3 Å². The van der Waals surface area contributed by atoms with Crippen molar-refractivity contribution in [3.05, 3.63) is 53.9 Å². The molecule has 0 spiro atoms. The minimum atomic E-state index is -0.154. The van der Waals surface area contributed by atoms with E-state index in [9.17, 15) is 4.79 Å². The number of hydrogen-bond acceptors (Lipinski definition) is 4. The van der Waals surface area contributed by atoms with E-state index in [1.54, 1.807) is 7.11 Å². The molecule has 0 fully saturated rings. The number of aromatic amines is 1. The highest BCUT2D eigenvalue weighted by molar-refractivity contribution is 5.78. The van der Waals surface area contributed by atoms with Crippen molar-refractivity contribution in [1.29, 1.82) is 0 Å². The van der Waals surface area contributed by atoms with Gasteiger partial charge in [0.25, 0.3) is 5.91 Å². The summed E-state index contributed by atoms with van der Waals surface area (Å²) in [6.07, 6.45) is 0.618. The summed E-state index contributed by atoms with van der Waals surface area (Å²) in [6.45, 7) is 2.50. The van der Waals surface area contributed by atoms with Gasteiger partial charge in [0.15, 0.2) is 6.61 Å². The summed E-state index contributed by atoms with van der Waals surface area (Å²) in [5.74, 6) is 2.14. The van der Waals surface area contributed by atoms with Gasteiger partial charge in [-0.25, -0.2) is 4.98 Å². The number of nitrogens with zero attached hydrogens (tertiary/aromatic N) is 1. The Bertz CT molecular complexity index is 856. The van der Waals surface area contributed by atoms with Crippen LogP contribution in [0, 0.1) is 6.92 Å². The Balaban J connectivity index is 1.45. The van der Waals surface area contributed by atoms with Crippen molar-refractivity contribution in [2.45, 2.75) is 13.3 Å². The Hall–Kier alpha value is -3.02. The monoisotopic (exact) mass is 339 g/mol. The van der Waals surface area contributed by atoms with E-state index in [-0.39, 0.29) is 12.5 Å². The van der Waals surface area contributed by atoms with E-state index in [0.29, 0.717) is 18.7 Å². The first-order valence-corrected chi connectivity index (χ1v) is 8.13. The first kappa shape index (κ1) is 16.8. The molecular formula is C19H21N3O3. The fraction of sp³-hybridized carbons (Fsp3) is 0.263. The number of imidazole rings is 1. The highest BCUT2D eigenvalue weighted by atomic mass is 16.5. The molecule has 25 heavy (non-hydrogen) atoms. The van der Waals surface area contributed by atoms with E-state index < -0.39 is 0 Å². The molecule has 6 nitrogen and oxygen atoms in total. The van der Waals surface area contributed by atoms with E-state index in [1.807, 2.05) is 49.4 Å². The molecule has 3 aromatic rings. The molecule has 0 saturated carbocycles. The number of aryl methyl sites for hydroxylation is 1. The van der Waals surface area contributed by atoms with Crippen LogP contribution in [0.15, 0.2) is 42.5 Å². The van der Waals surface area contributed by atoms with Crippen molar-refractivity contribution in [2.24, 2.45) is 0 Å². The number of ether oxygens (including phenoxy) is 2. The summed E-state index contributed by atoms with van der Waals surface area (Å²) >= 11 is 0. The largest absolute Gasteiger partial charge is 0.497 e. The van der Waals surface area contributed by atoms with Crippen LogP contribution < -0.4 is 14.8 Å². The Kier molecular flexibility index (Phi) is 5.18. The van der Waals surface area contributed by atoms with Gasteiger partial charge in [-0.05, 0) is 31.2 Å². The lowest BCUT2D eigenvalue weighted by Gasteiger charge is -2.07. The van der Waals surface area contributed by atoms with Crippen LogP contribution >= 0.6 is 0 Å². The van der Waals surface area contributed by atoms with Crippen LogP contribution in [0.4, 0.5) is 0 Å². The summed E-state index contributed by atoms with van der Waals surface area (Å²) in [4.78, 5) is 19.6. The number of H-pyrrole nitrogens is 1. The molecule has 0 aliphatic heterocycles. The van der Waals surface area contributed by atoms with E-state index in [2.05, 4.69) is 15.3 Å². The maximum absolute atomic E-state index is 11.8. The van der Waals surface area contributed by atoms with Gasteiger partial charge < -0.3 is 19.8 Å². The van der Waals surface area contributed by atoms with Crippen LogP contribution in [0.2, 0.25) is 0 Å². The first-order chi connectivity index (χ1) is 12.1. The van der Waals surface area contributed by atoms with E-state index >= 15 is 0 Å². The van der Waals surface area contributed by atoms with Gasteiger partial charge in [0.1, 0.15) is 17.3 Å². The highest BCUT2D eigenvalue weighted by Crippen LogP contribution is 2.18. The molecule has 0 unspecified atom stereocenters. The second-order valence-electron chi connectivity index (χ2n) is 5.77. The van der Waals surface area contributed by atoms with Crippen LogP contribution in [0.25, 0.3) is 11.0 Å². The molecule has 1 heterocycles. The van der Waals surface area contributed by atoms with Crippen molar-refractivity contribution in [1.82, 2.24) is 15.3 Å². The number of hydrogen-bond donors (Lipinski definition) is 2. The normalized spacial score (nSPS) is 10.6. The topological polar surface area (TPSA) is 76.2 Å². The number of amides is 1. The second-order valence-corrected chi connectivity index (χ2v) is 5.77. The number of benzene rings is 2. The second kappa shape index (κ2) is 7.70. The number of carbonyl (C=O) groups is 1. The Labute approximate surface area is 146 Å². The van der Waals surface area contributed by atoms with Crippen molar-refractivity contribution < 1.29 is 14.3 Å². The molecule has 0 atom stereocenters. The molecule has 0 aliphatic rings. The average Bonchev–Trinajstić information content (AvgIpc) is 3.03. The predicted molar refractivity (Wildman–Crippen MR) is 96.0 cm³/mol. The molecule has 0 bridgehead atoms. The number of fused-ring (bicyclic) bond motifs is 1. The minimum absolute atomic E-state index is 0.000387. The zero-order valence-corrected chi connectivity index (χ0v) is 14.3. The van der Waals surface area contributed by atoms with Crippen LogP contribution in [-0.4, -0.2) is 36.1 Å². The number of rotatable bonds is 7. The summed E-state index contributed by atoms with van der Waals surface area (Å²) in [7, 11) is 1.63. The van der Waals surface area contributed by atoms with E-state index in [0.717, 1.165) is 28.2 Å². The molecule has 2 N–H and O–H groups in total. The summed E-state index contributed by atoms with van der Waals surface area (Å²) in [5.41, 5.74) is 2.95. The third-order valence-corrected chi connectivity index (χ3v) is 3.81. The summed E-state index contributed by atoms with van der Waals surface area (Å²) < 4.78 is 10.6. The van der Waals surface area contributed by atoms with Gasteiger partial charge in [0.05, 0.1) is 18.1 Å². The quantitative estimate of drug-likeness (QED) is 0.694. The molecule has 130 valence electrons. The van der Waals surface area contributed by atoms with Crippen LogP contribution in [0.1, 0.15) is 11.4 Å². The average molecular weight is 339 g/mol. The van der Waals surface area contributed by atoms with Crippen molar-refractivity contribution in [3.63, 3.8) is 0 Å². The van der Waals surface area contributed by atoms with Crippen LogP contribution in [0.3, 0.4) is 0 Å². The fourth-order valence-corrected chi connectivity index (χ4v) is 2.44. The number of methoxy groups -OCH3 is 1. The summed E-state index contributed by atoms with van der Waals surface area (Å²) in [6, 6.07) is 13.3. The van der Waals surface area contributed by atoms with Crippen molar-refractivity contribution in [3.8, 4) is 11.5 Å². The van der Waals surface area contributed by atoms with Gasteiger partial charge in [0, 0.05) is 19.0 Å². The molecule has 0 radical (unpaired) electrons. The number of aromatic nitrogens is 2. The van der Waals surface area contributed by atoms with Crippen LogP contribution in [-0.2, 0) is 11.2 Å². The van der Waals surface area contributed by atoms with Gasteiger partial charge >= 0.3 is 0 Å². The minimum Gasteiger partial charge on any atom is -0.497 e. The Morgan fingerprint density at radius 2 is 1.92 bits per heavy atom. The molecule has 1 aromatic heterocycles. The molecule has 0 aliphatic carbocycles.